The van der Waals surface area contributed by atoms with E-state index in [1.165, 1.54) is 0 Å². The quantitative estimate of drug-likeness (QED) is 0.819. The summed E-state index contributed by atoms with van der Waals surface area (Å²) in [6.45, 7) is 6.70. The van der Waals surface area contributed by atoms with Gasteiger partial charge in [0.1, 0.15) is 0 Å². The van der Waals surface area contributed by atoms with Crippen LogP contribution in [0.5, 0.6) is 0 Å². The number of carbonyl (C=O) groups is 1. The van der Waals surface area contributed by atoms with E-state index in [1.54, 1.807) is 0 Å². The lowest BCUT2D eigenvalue weighted by Gasteiger charge is -2.22. The Balaban J connectivity index is 2.01. The van der Waals surface area contributed by atoms with Gasteiger partial charge in [-0.15, -0.1) is 0 Å². The van der Waals surface area contributed by atoms with Crippen LogP contribution in [0.3, 0.4) is 0 Å². The van der Waals surface area contributed by atoms with E-state index in [-0.39, 0.29) is 11.8 Å². The highest BCUT2D eigenvalue weighted by molar-refractivity contribution is 5.86. The lowest BCUT2D eigenvalue weighted by molar-refractivity contribution is -0.123. The number of hydrogen-bond acceptors (Lipinski definition) is 4. The fraction of sp³-hybridized carbons (Fsp3) is 0.667. The number of aromatic nitrogens is 2. The van der Waals surface area contributed by atoms with Gasteiger partial charge in [-0.3, -0.25) is 9.48 Å². The van der Waals surface area contributed by atoms with Crippen molar-refractivity contribution in [2.75, 3.05) is 19.8 Å². The molecule has 1 aliphatic rings. The molecule has 1 aliphatic heterocycles. The predicted octanol–water partition coefficient (Wildman–Crippen LogP) is 0.311. The number of nitrogens with one attached hydrogen (secondary N) is 1. The van der Waals surface area contributed by atoms with Crippen LogP contribution in [0.4, 0.5) is 0 Å². The molecule has 2 rings (SSSR count). The molecule has 17 heavy (non-hydrogen) atoms. The average molecular weight is 237 g/mol. The number of morpholine rings is 1. The van der Waals surface area contributed by atoms with Gasteiger partial charge >= 0.3 is 0 Å². The van der Waals surface area contributed by atoms with Crippen LogP contribution >= 0.6 is 0 Å². The molecule has 0 radical (unpaired) electrons. The number of aryl methyl sites for hydroxylation is 2. The zero-order chi connectivity index (χ0) is 12.3. The van der Waals surface area contributed by atoms with Gasteiger partial charge in [-0.1, -0.05) is 0 Å². The Labute approximate surface area is 101 Å². The van der Waals surface area contributed by atoms with E-state index in [2.05, 4.69) is 10.4 Å². The van der Waals surface area contributed by atoms with E-state index in [1.807, 2.05) is 24.6 Å². The van der Waals surface area contributed by atoms with E-state index in [0.29, 0.717) is 19.6 Å². The van der Waals surface area contributed by atoms with Crippen LogP contribution in [-0.4, -0.2) is 41.4 Å². The van der Waals surface area contributed by atoms with Crippen molar-refractivity contribution in [3.05, 3.63) is 17.5 Å². The van der Waals surface area contributed by atoms with Gasteiger partial charge in [0.05, 0.1) is 31.4 Å². The van der Waals surface area contributed by atoms with Crippen LogP contribution in [0.1, 0.15) is 18.3 Å². The van der Waals surface area contributed by atoms with Gasteiger partial charge in [0.15, 0.2) is 5.78 Å². The summed E-state index contributed by atoms with van der Waals surface area (Å²) in [5, 5.41) is 7.52. The third-order valence-electron chi connectivity index (χ3n) is 2.95. The number of hydrogen-bond donors (Lipinski definition) is 1. The highest BCUT2D eigenvalue weighted by atomic mass is 16.5. The van der Waals surface area contributed by atoms with Crippen LogP contribution in [-0.2, 0) is 22.5 Å². The van der Waals surface area contributed by atoms with Gasteiger partial charge < -0.3 is 10.1 Å². The number of ketones is 1. The molecule has 1 aromatic rings. The molecule has 1 N–H and O–H groups in total. The lowest BCUT2D eigenvalue weighted by Crippen LogP contribution is -2.47. The van der Waals surface area contributed by atoms with Crippen molar-refractivity contribution in [3.63, 3.8) is 0 Å². The Morgan fingerprint density at radius 2 is 2.53 bits per heavy atom. The first-order valence-corrected chi connectivity index (χ1v) is 6.08. The largest absolute Gasteiger partial charge is 0.378 e. The maximum Gasteiger partial charge on any atom is 0.158 e. The Hall–Kier alpha value is -1.20. The summed E-state index contributed by atoms with van der Waals surface area (Å²) in [6, 6.07) is 1.81. The van der Waals surface area contributed by atoms with Crippen molar-refractivity contribution in [1.82, 2.24) is 15.1 Å². The minimum atomic E-state index is -0.163. The van der Waals surface area contributed by atoms with E-state index >= 15 is 0 Å². The Morgan fingerprint density at radius 3 is 3.18 bits per heavy atom. The summed E-state index contributed by atoms with van der Waals surface area (Å²) >= 11 is 0. The van der Waals surface area contributed by atoms with E-state index < -0.39 is 0 Å². The minimum Gasteiger partial charge on any atom is -0.378 e. The molecule has 0 aliphatic carbocycles. The summed E-state index contributed by atoms with van der Waals surface area (Å²) in [5.74, 6) is 0.180. The molecular weight excluding hydrogens is 218 g/mol. The highest BCUT2D eigenvalue weighted by Gasteiger charge is 2.22. The zero-order valence-electron chi connectivity index (χ0n) is 10.4. The first kappa shape index (κ1) is 12.3. The third-order valence-corrected chi connectivity index (χ3v) is 2.95. The van der Waals surface area contributed by atoms with Crippen LogP contribution in [0.2, 0.25) is 0 Å². The summed E-state index contributed by atoms with van der Waals surface area (Å²) < 4.78 is 7.18. The predicted molar refractivity (Wildman–Crippen MR) is 64.0 cm³/mol. The van der Waals surface area contributed by atoms with Crippen molar-refractivity contribution < 1.29 is 9.53 Å². The molecule has 1 atom stereocenters. The molecule has 1 saturated heterocycles. The SMILES string of the molecule is CCn1nc(C)cc1CC(=O)C1COCCN1. The van der Waals surface area contributed by atoms with Crippen molar-refractivity contribution in [2.45, 2.75) is 32.9 Å². The van der Waals surface area contributed by atoms with E-state index in [0.717, 1.165) is 24.5 Å². The van der Waals surface area contributed by atoms with Crippen molar-refractivity contribution in [1.29, 1.82) is 0 Å². The smallest absolute Gasteiger partial charge is 0.158 e. The van der Waals surface area contributed by atoms with Gasteiger partial charge in [0.2, 0.25) is 0 Å². The molecule has 5 nitrogen and oxygen atoms in total. The van der Waals surface area contributed by atoms with E-state index in [9.17, 15) is 4.79 Å². The van der Waals surface area contributed by atoms with Crippen molar-refractivity contribution >= 4 is 5.78 Å². The molecule has 1 aromatic heterocycles. The second-order valence-electron chi connectivity index (χ2n) is 4.32. The maximum atomic E-state index is 12.1. The summed E-state index contributed by atoms with van der Waals surface area (Å²) in [4.78, 5) is 12.1. The molecule has 94 valence electrons. The average Bonchev–Trinajstić information content (AvgIpc) is 2.70. The van der Waals surface area contributed by atoms with Gasteiger partial charge in [0, 0.05) is 18.8 Å². The first-order valence-electron chi connectivity index (χ1n) is 6.08. The summed E-state index contributed by atoms with van der Waals surface area (Å²) in [7, 11) is 0. The first-order chi connectivity index (χ1) is 8.20. The maximum absolute atomic E-state index is 12.1. The van der Waals surface area contributed by atoms with Gasteiger partial charge in [-0.25, -0.2) is 0 Å². The topological polar surface area (TPSA) is 56.2 Å². The van der Waals surface area contributed by atoms with Crippen LogP contribution in [0.15, 0.2) is 6.07 Å². The molecule has 0 saturated carbocycles. The molecule has 0 spiro atoms. The standard InChI is InChI=1S/C12H19N3O2/c1-3-15-10(6-9(2)14-15)7-12(16)11-8-17-5-4-13-11/h6,11,13H,3-5,7-8H2,1-2H3. The summed E-state index contributed by atoms with van der Waals surface area (Å²) in [5.41, 5.74) is 1.95. The number of Topliss-reactive ketones (excluding diaryl/α,β-unsaturated/α-hetero) is 1. The normalized spacial score (nSPS) is 20.5. The number of rotatable bonds is 4. The zero-order valence-corrected chi connectivity index (χ0v) is 10.4. The van der Waals surface area contributed by atoms with Crippen LogP contribution < -0.4 is 5.32 Å². The van der Waals surface area contributed by atoms with Gasteiger partial charge in [-0.2, -0.15) is 5.10 Å². The van der Waals surface area contributed by atoms with Crippen LogP contribution in [0.25, 0.3) is 0 Å². The minimum absolute atomic E-state index is 0.163. The molecule has 1 fully saturated rings. The third kappa shape index (κ3) is 2.92. The monoisotopic (exact) mass is 237 g/mol. The molecular formula is C12H19N3O2. The van der Waals surface area contributed by atoms with Gasteiger partial charge in [0.25, 0.3) is 0 Å². The highest BCUT2D eigenvalue weighted by Crippen LogP contribution is 2.07. The van der Waals surface area contributed by atoms with Gasteiger partial charge in [-0.05, 0) is 19.9 Å². The summed E-state index contributed by atoms with van der Waals surface area (Å²) in [6.07, 6.45) is 0.426. The molecule has 0 bridgehead atoms. The molecule has 2 heterocycles. The molecule has 0 aromatic carbocycles. The molecule has 5 heteroatoms. The fourth-order valence-electron chi connectivity index (χ4n) is 2.09. The second-order valence-corrected chi connectivity index (χ2v) is 4.32. The number of nitrogens with zero attached hydrogens (tertiary/aromatic N) is 2. The van der Waals surface area contributed by atoms with Crippen molar-refractivity contribution in [2.24, 2.45) is 0 Å². The van der Waals surface area contributed by atoms with Crippen molar-refractivity contribution in [3.8, 4) is 0 Å². The number of carbonyl (C=O) groups excluding carboxylic acids is 1. The second kappa shape index (κ2) is 5.42. The van der Waals surface area contributed by atoms with Crippen LogP contribution in [0, 0.1) is 6.92 Å². The fourth-order valence-corrected chi connectivity index (χ4v) is 2.09. The van der Waals surface area contributed by atoms with E-state index in [4.69, 9.17) is 4.74 Å². The Kier molecular flexibility index (Phi) is 3.91. The Morgan fingerprint density at radius 1 is 1.71 bits per heavy atom. The molecule has 1 unspecified atom stereocenters. The molecule has 0 amide bonds. The number of ether oxygens (including phenoxy) is 1. The lowest BCUT2D eigenvalue weighted by atomic mass is 10.1. The Bertz CT molecular complexity index is 394.